The second-order valence-electron chi connectivity index (χ2n) is 3.88. The third kappa shape index (κ3) is 2.36. The first-order valence-electron chi connectivity index (χ1n) is 5.48. The first-order valence-corrected chi connectivity index (χ1v) is 5.48. The number of hydrogen-bond acceptors (Lipinski definition) is 3. The minimum atomic E-state index is 0.277. The molecule has 3 heteroatoms. The van der Waals surface area contributed by atoms with Crippen LogP contribution in [0.5, 0.6) is 11.5 Å². The van der Waals surface area contributed by atoms with Gasteiger partial charge in [-0.15, -0.1) is 6.58 Å². The van der Waals surface area contributed by atoms with Crippen LogP contribution >= 0.6 is 0 Å². The molecule has 0 unspecified atom stereocenters. The van der Waals surface area contributed by atoms with Gasteiger partial charge in [-0.25, -0.2) is 0 Å². The summed E-state index contributed by atoms with van der Waals surface area (Å²) in [4.78, 5) is 0. The number of benzene rings is 1. The standard InChI is InChI=1S/C13H17NO2/c1-3-4-10-5-6-12(13(7-10)15-2)16-11-8-14-9-11/h3,5-7,11,14H,1,4,8-9H2,2H3. The van der Waals surface area contributed by atoms with Crippen molar-refractivity contribution in [2.45, 2.75) is 12.5 Å². The molecule has 1 aromatic rings. The van der Waals surface area contributed by atoms with Gasteiger partial charge in [-0.2, -0.15) is 0 Å². The van der Waals surface area contributed by atoms with Crippen molar-refractivity contribution in [3.63, 3.8) is 0 Å². The van der Waals surface area contributed by atoms with Gasteiger partial charge in [-0.05, 0) is 24.1 Å². The molecule has 16 heavy (non-hydrogen) atoms. The number of nitrogens with one attached hydrogen (secondary N) is 1. The normalized spacial score (nSPS) is 15.3. The van der Waals surface area contributed by atoms with Gasteiger partial charge >= 0.3 is 0 Å². The first kappa shape index (κ1) is 11.0. The van der Waals surface area contributed by atoms with Crippen molar-refractivity contribution in [3.8, 4) is 11.5 Å². The molecule has 1 saturated heterocycles. The zero-order valence-corrected chi connectivity index (χ0v) is 9.53. The zero-order valence-electron chi connectivity index (χ0n) is 9.53. The van der Waals surface area contributed by atoms with Crippen LogP contribution in [0.15, 0.2) is 30.9 Å². The van der Waals surface area contributed by atoms with Crippen molar-refractivity contribution in [2.24, 2.45) is 0 Å². The number of rotatable bonds is 5. The first-order chi connectivity index (χ1) is 7.83. The van der Waals surface area contributed by atoms with Gasteiger partial charge in [0.25, 0.3) is 0 Å². The molecule has 1 aliphatic rings. The molecule has 1 N–H and O–H groups in total. The predicted octanol–water partition coefficient (Wildman–Crippen LogP) is 1.77. The molecular formula is C13H17NO2. The summed E-state index contributed by atoms with van der Waals surface area (Å²) < 4.78 is 11.1. The molecule has 0 atom stereocenters. The Kier molecular flexibility index (Phi) is 3.47. The molecule has 0 radical (unpaired) electrons. The van der Waals surface area contributed by atoms with Gasteiger partial charge in [0.15, 0.2) is 11.5 Å². The van der Waals surface area contributed by atoms with E-state index in [9.17, 15) is 0 Å². The van der Waals surface area contributed by atoms with E-state index in [1.807, 2.05) is 24.3 Å². The summed E-state index contributed by atoms with van der Waals surface area (Å²) in [5.41, 5.74) is 1.19. The van der Waals surface area contributed by atoms with Crippen molar-refractivity contribution in [3.05, 3.63) is 36.4 Å². The Labute approximate surface area is 96.1 Å². The fourth-order valence-electron chi connectivity index (χ4n) is 1.63. The fraction of sp³-hybridized carbons (Fsp3) is 0.385. The van der Waals surface area contributed by atoms with E-state index in [1.54, 1.807) is 7.11 Å². The summed E-state index contributed by atoms with van der Waals surface area (Å²) in [6.07, 6.45) is 3.01. The van der Waals surface area contributed by atoms with E-state index in [2.05, 4.69) is 11.9 Å². The third-order valence-electron chi connectivity index (χ3n) is 2.65. The Morgan fingerprint density at radius 1 is 1.44 bits per heavy atom. The largest absolute Gasteiger partial charge is 0.493 e. The fourth-order valence-corrected chi connectivity index (χ4v) is 1.63. The van der Waals surface area contributed by atoms with Crippen molar-refractivity contribution >= 4 is 0 Å². The molecule has 2 rings (SSSR count). The average molecular weight is 219 g/mol. The summed E-state index contributed by atoms with van der Waals surface area (Å²) in [5, 5.41) is 3.17. The van der Waals surface area contributed by atoms with E-state index < -0.39 is 0 Å². The van der Waals surface area contributed by atoms with Crippen LogP contribution in [0, 0.1) is 0 Å². The van der Waals surface area contributed by atoms with Crippen molar-refractivity contribution in [2.75, 3.05) is 20.2 Å². The SMILES string of the molecule is C=CCc1ccc(OC2CNC2)c(OC)c1. The molecule has 86 valence electrons. The van der Waals surface area contributed by atoms with E-state index in [-0.39, 0.29) is 6.10 Å². The summed E-state index contributed by atoms with van der Waals surface area (Å²) in [6.45, 7) is 5.55. The van der Waals surface area contributed by atoms with Crippen molar-refractivity contribution < 1.29 is 9.47 Å². The molecule has 0 spiro atoms. The van der Waals surface area contributed by atoms with Gasteiger partial charge in [-0.1, -0.05) is 12.1 Å². The molecule has 3 nitrogen and oxygen atoms in total. The predicted molar refractivity (Wildman–Crippen MR) is 64.2 cm³/mol. The minimum Gasteiger partial charge on any atom is -0.493 e. The lowest BCUT2D eigenvalue weighted by Gasteiger charge is -2.28. The zero-order chi connectivity index (χ0) is 11.4. The smallest absolute Gasteiger partial charge is 0.161 e. The van der Waals surface area contributed by atoms with E-state index in [0.717, 1.165) is 31.0 Å². The molecule has 1 aromatic carbocycles. The quantitative estimate of drug-likeness (QED) is 0.766. The minimum absolute atomic E-state index is 0.277. The van der Waals surface area contributed by atoms with Gasteiger partial charge in [0.2, 0.25) is 0 Å². The van der Waals surface area contributed by atoms with Crippen LogP contribution in [-0.4, -0.2) is 26.3 Å². The number of hydrogen-bond donors (Lipinski definition) is 1. The van der Waals surface area contributed by atoms with Gasteiger partial charge in [0.05, 0.1) is 7.11 Å². The lowest BCUT2D eigenvalue weighted by Crippen LogP contribution is -2.50. The summed E-state index contributed by atoms with van der Waals surface area (Å²) in [6, 6.07) is 6.02. The Balaban J connectivity index is 2.13. The highest BCUT2D eigenvalue weighted by Crippen LogP contribution is 2.29. The van der Waals surface area contributed by atoms with E-state index in [0.29, 0.717) is 0 Å². The molecule has 0 bridgehead atoms. The van der Waals surface area contributed by atoms with Crippen LogP contribution in [0.1, 0.15) is 5.56 Å². The number of methoxy groups -OCH3 is 1. The maximum Gasteiger partial charge on any atom is 0.161 e. The second-order valence-corrected chi connectivity index (χ2v) is 3.88. The molecule has 0 aromatic heterocycles. The van der Waals surface area contributed by atoms with Crippen LogP contribution in [0.4, 0.5) is 0 Å². The van der Waals surface area contributed by atoms with Crippen LogP contribution in [0.25, 0.3) is 0 Å². The molecular weight excluding hydrogens is 202 g/mol. The Morgan fingerprint density at radius 2 is 2.25 bits per heavy atom. The highest BCUT2D eigenvalue weighted by molar-refractivity contribution is 5.43. The molecule has 1 aliphatic heterocycles. The van der Waals surface area contributed by atoms with Crippen LogP contribution in [0.3, 0.4) is 0 Å². The maximum absolute atomic E-state index is 5.79. The van der Waals surface area contributed by atoms with Crippen molar-refractivity contribution in [1.82, 2.24) is 5.32 Å². The van der Waals surface area contributed by atoms with Crippen molar-refractivity contribution in [1.29, 1.82) is 0 Å². The second kappa shape index (κ2) is 5.03. The van der Waals surface area contributed by atoms with Crippen LogP contribution < -0.4 is 14.8 Å². The third-order valence-corrected chi connectivity index (χ3v) is 2.65. The molecule has 0 amide bonds. The summed E-state index contributed by atoms with van der Waals surface area (Å²) in [5.74, 6) is 1.62. The Hall–Kier alpha value is -1.48. The maximum atomic E-state index is 5.79. The molecule has 1 heterocycles. The highest BCUT2D eigenvalue weighted by Gasteiger charge is 2.19. The van der Waals surface area contributed by atoms with Crippen LogP contribution in [0.2, 0.25) is 0 Å². The Bertz CT molecular complexity index is 372. The van der Waals surface area contributed by atoms with E-state index in [4.69, 9.17) is 9.47 Å². The number of allylic oxidation sites excluding steroid dienone is 1. The summed E-state index contributed by atoms with van der Waals surface area (Å²) in [7, 11) is 1.67. The molecule has 1 fully saturated rings. The monoisotopic (exact) mass is 219 g/mol. The van der Waals surface area contributed by atoms with Gasteiger partial charge in [0.1, 0.15) is 6.10 Å². The number of ether oxygens (including phenoxy) is 2. The van der Waals surface area contributed by atoms with Gasteiger partial charge in [0, 0.05) is 13.1 Å². The lowest BCUT2D eigenvalue weighted by molar-refractivity contribution is 0.137. The van der Waals surface area contributed by atoms with E-state index in [1.165, 1.54) is 5.56 Å². The van der Waals surface area contributed by atoms with Crippen LogP contribution in [-0.2, 0) is 6.42 Å². The average Bonchev–Trinajstić information content (AvgIpc) is 2.25. The Morgan fingerprint density at radius 3 is 2.81 bits per heavy atom. The van der Waals surface area contributed by atoms with Gasteiger partial charge < -0.3 is 14.8 Å². The highest BCUT2D eigenvalue weighted by atomic mass is 16.5. The molecule has 0 aliphatic carbocycles. The topological polar surface area (TPSA) is 30.5 Å². The van der Waals surface area contributed by atoms with E-state index >= 15 is 0 Å². The lowest BCUT2D eigenvalue weighted by atomic mass is 10.1. The van der Waals surface area contributed by atoms with Gasteiger partial charge in [-0.3, -0.25) is 0 Å². The summed E-state index contributed by atoms with van der Waals surface area (Å²) >= 11 is 0. The molecule has 0 saturated carbocycles.